The summed E-state index contributed by atoms with van der Waals surface area (Å²) < 4.78 is 5.16. The fourth-order valence-corrected chi connectivity index (χ4v) is 3.45. The molecular weight excluding hydrogens is 314 g/mol. The lowest BCUT2D eigenvalue weighted by Gasteiger charge is -2.25. The lowest BCUT2D eigenvalue weighted by Crippen LogP contribution is -2.30. The van der Waals surface area contributed by atoms with E-state index in [1.165, 1.54) is 11.1 Å². The molecule has 1 atom stereocenters. The average molecular weight is 333 g/mol. The van der Waals surface area contributed by atoms with Gasteiger partial charge in [0.1, 0.15) is 0 Å². The quantitative estimate of drug-likeness (QED) is 0.731. The Morgan fingerprint density at radius 1 is 1.16 bits per heavy atom. The monoisotopic (exact) mass is 333 g/mol. The first kappa shape index (κ1) is 15.6. The molecule has 5 heteroatoms. The molecule has 4 rings (SSSR count). The van der Waals surface area contributed by atoms with Crippen molar-refractivity contribution in [1.82, 2.24) is 15.0 Å². The van der Waals surface area contributed by atoms with E-state index in [0.717, 1.165) is 18.4 Å². The minimum absolute atomic E-state index is 0.0231. The molecule has 0 N–H and O–H groups in total. The molecule has 2 aromatic carbocycles. The lowest BCUT2D eigenvalue weighted by atomic mass is 10.1. The molecule has 1 aliphatic rings. The van der Waals surface area contributed by atoms with E-state index in [0.29, 0.717) is 17.3 Å². The third-order valence-electron chi connectivity index (χ3n) is 4.80. The number of benzene rings is 2. The van der Waals surface area contributed by atoms with Crippen LogP contribution in [0.2, 0.25) is 0 Å². The van der Waals surface area contributed by atoms with Gasteiger partial charge in [-0.15, -0.1) is 0 Å². The van der Waals surface area contributed by atoms with Crippen molar-refractivity contribution in [3.8, 4) is 11.5 Å². The summed E-state index contributed by atoms with van der Waals surface area (Å²) in [6.45, 7) is 1.78. The van der Waals surface area contributed by atoms with Gasteiger partial charge in [0.25, 0.3) is 11.8 Å². The molecule has 0 radical (unpaired) electrons. The van der Waals surface area contributed by atoms with Crippen molar-refractivity contribution < 1.29 is 9.32 Å². The topological polar surface area (TPSA) is 59.2 Å². The fraction of sp³-hybridized carbons (Fsp3) is 0.250. The summed E-state index contributed by atoms with van der Waals surface area (Å²) in [5, 5.41) is 3.79. The number of amides is 1. The molecule has 0 fully saturated rings. The van der Waals surface area contributed by atoms with Crippen LogP contribution < -0.4 is 0 Å². The molecule has 25 heavy (non-hydrogen) atoms. The van der Waals surface area contributed by atoms with Crippen molar-refractivity contribution in [2.75, 3.05) is 7.05 Å². The zero-order chi connectivity index (χ0) is 17.4. The molecule has 0 saturated heterocycles. The van der Waals surface area contributed by atoms with Crippen LogP contribution in [0.5, 0.6) is 0 Å². The number of carbonyl (C=O) groups is 1. The predicted octanol–water partition coefficient (Wildman–Crippen LogP) is 3.80. The van der Waals surface area contributed by atoms with Crippen LogP contribution in [-0.4, -0.2) is 28.0 Å². The first-order chi connectivity index (χ1) is 12.1. The molecule has 0 saturated carbocycles. The van der Waals surface area contributed by atoms with E-state index < -0.39 is 0 Å². The van der Waals surface area contributed by atoms with E-state index in [1.807, 2.05) is 42.3 Å². The Balaban J connectivity index is 1.55. The highest BCUT2D eigenvalue weighted by Gasteiger charge is 2.28. The van der Waals surface area contributed by atoms with Crippen LogP contribution in [-0.2, 0) is 6.42 Å². The van der Waals surface area contributed by atoms with Gasteiger partial charge in [-0.05, 0) is 55.2 Å². The van der Waals surface area contributed by atoms with E-state index in [-0.39, 0.29) is 11.9 Å². The van der Waals surface area contributed by atoms with Crippen LogP contribution in [0, 0.1) is 6.92 Å². The third kappa shape index (κ3) is 2.82. The number of aromatic nitrogens is 2. The van der Waals surface area contributed by atoms with Gasteiger partial charge in [0, 0.05) is 18.2 Å². The van der Waals surface area contributed by atoms with Gasteiger partial charge in [-0.2, -0.15) is 4.98 Å². The zero-order valence-corrected chi connectivity index (χ0v) is 14.3. The van der Waals surface area contributed by atoms with Crippen LogP contribution in [0.25, 0.3) is 11.5 Å². The average Bonchev–Trinajstić information content (AvgIpc) is 3.27. The molecule has 126 valence electrons. The normalized spacial score (nSPS) is 15.8. The number of hydrogen-bond donors (Lipinski definition) is 0. The third-order valence-corrected chi connectivity index (χ3v) is 4.80. The number of carbonyl (C=O) groups excluding carboxylic acids is 1. The van der Waals surface area contributed by atoms with Crippen LogP contribution in [0.4, 0.5) is 0 Å². The summed E-state index contributed by atoms with van der Waals surface area (Å²) in [7, 11) is 1.88. The molecular formula is C20H19N3O2. The molecule has 0 bridgehead atoms. The van der Waals surface area contributed by atoms with E-state index in [1.54, 1.807) is 6.92 Å². The maximum absolute atomic E-state index is 12.9. The lowest BCUT2D eigenvalue weighted by molar-refractivity contribution is 0.0730. The second kappa shape index (κ2) is 6.16. The van der Waals surface area contributed by atoms with Crippen LogP contribution in [0.15, 0.2) is 53.1 Å². The first-order valence-corrected chi connectivity index (χ1v) is 8.39. The Hall–Kier alpha value is -2.95. The number of rotatable bonds is 3. The smallest absolute Gasteiger partial charge is 0.257 e. The van der Waals surface area contributed by atoms with Crippen LogP contribution in [0.3, 0.4) is 0 Å². The summed E-state index contributed by atoms with van der Waals surface area (Å²) in [6, 6.07) is 15.8. The van der Waals surface area contributed by atoms with Gasteiger partial charge in [-0.25, -0.2) is 0 Å². The standard InChI is InChI=1S/C20H19N3O2/c1-13-21-19(25-22-13)15-7-9-16(10-8-15)20(24)23(2)18-12-11-14-5-3-4-6-17(14)18/h3-10,18H,11-12H2,1-2H3. The summed E-state index contributed by atoms with van der Waals surface area (Å²) in [4.78, 5) is 18.9. The minimum Gasteiger partial charge on any atom is -0.335 e. The van der Waals surface area contributed by atoms with Gasteiger partial charge < -0.3 is 9.42 Å². The fourth-order valence-electron chi connectivity index (χ4n) is 3.45. The zero-order valence-electron chi connectivity index (χ0n) is 14.3. The molecule has 1 amide bonds. The molecule has 1 heterocycles. The van der Waals surface area contributed by atoms with Crippen LogP contribution in [0.1, 0.15) is 39.8 Å². The SMILES string of the molecule is Cc1noc(-c2ccc(C(=O)N(C)C3CCc4ccccc43)cc2)n1. The van der Waals surface area contributed by atoms with Gasteiger partial charge >= 0.3 is 0 Å². The summed E-state index contributed by atoms with van der Waals surface area (Å²) in [6.07, 6.45) is 1.99. The van der Waals surface area contributed by atoms with Crippen molar-refractivity contribution in [3.05, 3.63) is 71.0 Å². The van der Waals surface area contributed by atoms with Crippen molar-refractivity contribution in [1.29, 1.82) is 0 Å². The van der Waals surface area contributed by atoms with Gasteiger partial charge in [0.15, 0.2) is 5.82 Å². The Morgan fingerprint density at radius 3 is 2.64 bits per heavy atom. The number of hydrogen-bond acceptors (Lipinski definition) is 4. The first-order valence-electron chi connectivity index (χ1n) is 8.39. The maximum atomic E-state index is 12.9. The molecule has 1 aliphatic carbocycles. The van der Waals surface area contributed by atoms with Gasteiger partial charge in [-0.3, -0.25) is 4.79 Å². The number of nitrogens with zero attached hydrogens (tertiary/aromatic N) is 3. The molecule has 1 aromatic heterocycles. The molecule has 0 aliphatic heterocycles. The van der Waals surface area contributed by atoms with Gasteiger partial charge in [0.05, 0.1) is 6.04 Å². The van der Waals surface area contributed by atoms with Crippen molar-refractivity contribution in [3.63, 3.8) is 0 Å². The second-order valence-electron chi connectivity index (χ2n) is 6.39. The van der Waals surface area contributed by atoms with Crippen molar-refractivity contribution >= 4 is 5.91 Å². The van der Waals surface area contributed by atoms with E-state index in [4.69, 9.17) is 4.52 Å². The van der Waals surface area contributed by atoms with E-state index in [2.05, 4.69) is 28.3 Å². The van der Waals surface area contributed by atoms with Crippen molar-refractivity contribution in [2.45, 2.75) is 25.8 Å². The molecule has 0 spiro atoms. The van der Waals surface area contributed by atoms with E-state index in [9.17, 15) is 4.79 Å². The largest absolute Gasteiger partial charge is 0.335 e. The molecule has 3 aromatic rings. The summed E-state index contributed by atoms with van der Waals surface area (Å²) in [5.41, 5.74) is 4.07. The van der Waals surface area contributed by atoms with Crippen LogP contribution >= 0.6 is 0 Å². The summed E-state index contributed by atoms with van der Waals surface area (Å²) in [5.74, 6) is 1.08. The van der Waals surface area contributed by atoms with E-state index >= 15 is 0 Å². The predicted molar refractivity (Wildman–Crippen MR) is 94.1 cm³/mol. The molecule has 1 unspecified atom stereocenters. The Bertz CT molecular complexity index is 915. The highest BCUT2D eigenvalue weighted by molar-refractivity contribution is 5.94. The second-order valence-corrected chi connectivity index (χ2v) is 6.39. The minimum atomic E-state index is 0.0231. The number of fused-ring (bicyclic) bond motifs is 1. The highest BCUT2D eigenvalue weighted by atomic mass is 16.5. The highest BCUT2D eigenvalue weighted by Crippen LogP contribution is 2.35. The number of aryl methyl sites for hydroxylation is 2. The Labute approximate surface area is 146 Å². The Kier molecular flexibility index (Phi) is 3.84. The van der Waals surface area contributed by atoms with Gasteiger partial charge in [-0.1, -0.05) is 29.4 Å². The maximum Gasteiger partial charge on any atom is 0.257 e. The molecule has 5 nitrogen and oxygen atoms in total. The van der Waals surface area contributed by atoms with Crippen molar-refractivity contribution in [2.24, 2.45) is 0 Å². The Morgan fingerprint density at radius 2 is 1.92 bits per heavy atom. The summed E-state index contributed by atoms with van der Waals surface area (Å²) >= 11 is 0. The van der Waals surface area contributed by atoms with Gasteiger partial charge in [0.2, 0.25) is 0 Å².